The summed E-state index contributed by atoms with van der Waals surface area (Å²) in [6.07, 6.45) is 2.35. The summed E-state index contributed by atoms with van der Waals surface area (Å²) in [4.78, 5) is 9.35. The molecule has 3 aromatic rings. The Hall–Kier alpha value is -2.73. The Morgan fingerprint density at radius 3 is 2.46 bits per heavy atom. The topological polar surface area (TPSA) is 114 Å². The number of primary sulfonamides is 1. The lowest BCUT2D eigenvalue weighted by molar-refractivity contribution is 0.389. The Kier molecular flexibility index (Phi) is 4.54. The minimum atomic E-state index is -4.83. The van der Waals surface area contributed by atoms with Gasteiger partial charge >= 0.3 is 0 Å². The van der Waals surface area contributed by atoms with E-state index in [1.54, 1.807) is 12.3 Å². The molecule has 2 heterocycles. The van der Waals surface area contributed by atoms with Gasteiger partial charge in [-0.25, -0.2) is 41.1 Å². The van der Waals surface area contributed by atoms with Crippen molar-refractivity contribution in [3.8, 4) is 0 Å². The average molecular weight is 389 g/mol. The van der Waals surface area contributed by atoms with E-state index in [-0.39, 0.29) is 6.54 Å². The van der Waals surface area contributed by atoms with Crippen LogP contribution in [0.25, 0.3) is 11.0 Å². The number of halogens is 4. The van der Waals surface area contributed by atoms with Crippen LogP contribution in [-0.4, -0.2) is 29.9 Å². The van der Waals surface area contributed by atoms with Crippen LogP contribution in [0.5, 0.6) is 0 Å². The molecule has 0 atom stereocenters. The number of hydrogen-bond donors (Lipinski definition) is 3. The van der Waals surface area contributed by atoms with E-state index < -0.39 is 50.2 Å². The van der Waals surface area contributed by atoms with E-state index >= 15 is 0 Å². The maximum absolute atomic E-state index is 14.0. The number of aromatic amines is 1. The maximum Gasteiger partial charge on any atom is 0.241 e. The summed E-state index contributed by atoms with van der Waals surface area (Å²) < 4.78 is 77.6. The number of rotatable bonds is 5. The van der Waals surface area contributed by atoms with Gasteiger partial charge in [-0.2, -0.15) is 0 Å². The van der Waals surface area contributed by atoms with Gasteiger partial charge in [0, 0.05) is 18.3 Å². The Bertz CT molecular complexity index is 1100. The number of fused-ring (bicyclic) bond motifs is 1. The van der Waals surface area contributed by atoms with Gasteiger partial charge in [0.1, 0.15) is 22.7 Å². The van der Waals surface area contributed by atoms with Gasteiger partial charge in [-0.3, -0.25) is 0 Å². The number of sulfonamides is 1. The fourth-order valence-corrected chi connectivity index (χ4v) is 3.37. The van der Waals surface area contributed by atoms with Crippen molar-refractivity contribution in [2.75, 3.05) is 11.9 Å². The molecule has 0 radical (unpaired) electrons. The van der Waals surface area contributed by atoms with Gasteiger partial charge in [-0.15, -0.1) is 0 Å². The molecular formula is C14H11F4N5O2S. The van der Waals surface area contributed by atoms with Gasteiger partial charge in [0.15, 0.2) is 23.3 Å². The van der Waals surface area contributed by atoms with Crippen LogP contribution in [0.2, 0.25) is 0 Å². The van der Waals surface area contributed by atoms with Crippen molar-refractivity contribution < 1.29 is 26.0 Å². The van der Waals surface area contributed by atoms with Crippen LogP contribution in [-0.2, 0) is 16.4 Å². The van der Waals surface area contributed by atoms with Crippen molar-refractivity contribution in [1.82, 2.24) is 15.0 Å². The summed E-state index contributed by atoms with van der Waals surface area (Å²) in [5.41, 5.74) is -0.381. The first-order valence-electron chi connectivity index (χ1n) is 7.11. The quantitative estimate of drug-likeness (QED) is 0.350. The largest absolute Gasteiger partial charge is 0.369 e. The number of benzene rings is 1. The zero-order valence-electron chi connectivity index (χ0n) is 12.9. The maximum atomic E-state index is 14.0. The standard InChI is InChI=1S/C14H11F4N5O2S/c15-8-6(12(26(19,24)25)11(18)10(17)9(8)16)1-3-20-13-7-2-4-21-14(7)23-5-22-13/h2,4-5H,1,3H2,(H2,19,24,25)(H2,20,21,22,23). The monoisotopic (exact) mass is 389 g/mol. The molecule has 12 heteroatoms. The number of aromatic nitrogens is 3. The highest BCUT2D eigenvalue weighted by molar-refractivity contribution is 7.89. The Balaban J connectivity index is 1.94. The van der Waals surface area contributed by atoms with E-state index in [0.717, 1.165) is 0 Å². The smallest absolute Gasteiger partial charge is 0.241 e. The zero-order valence-corrected chi connectivity index (χ0v) is 13.7. The molecule has 2 aromatic heterocycles. The number of H-pyrrole nitrogens is 1. The first-order valence-corrected chi connectivity index (χ1v) is 8.66. The molecule has 138 valence electrons. The molecule has 4 N–H and O–H groups in total. The number of anilines is 1. The number of nitrogens with two attached hydrogens (primary N) is 1. The van der Waals surface area contributed by atoms with Crippen molar-refractivity contribution >= 4 is 26.9 Å². The Morgan fingerprint density at radius 1 is 1.08 bits per heavy atom. The van der Waals surface area contributed by atoms with E-state index in [4.69, 9.17) is 5.14 Å². The molecule has 0 spiro atoms. The second kappa shape index (κ2) is 6.53. The van der Waals surface area contributed by atoms with Crippen molar-refractivity contribution in [1.29, 1.82) is 0 Å². The van der Waals surface area contributed by atoms with Crippen LogP contribution < -0.4 is 10.5 Å². The van der Waals surface area contributed by atoms with Crippen LogP contribution >= 0.6 is 0 Å². The fourth-order valence-electron chi connectivity index (χ4n) is 2.50. The average Bonchev–Trinajstić information content (AvgIpc) is 3.05. The molecule has 0 saturated heterocycles. The van der Waals surface area contributed by atoms with Crippen molar-refractivity contribution in [2.45, 2.75) is 11.3 Å². The van der Waals surface area contributed by atoms with Crippen molar-refractivity contribution in [3.63, 3.8) is 0 Å². The molecule has 26 heavy (non-hydrogen) atoms. The van der Waals surface area contributed by atoms with E-state index in [1.165, 1.54) is 6.33 Å². The summed E-state index contributed by atoms with van der Waals surface area (Å²) in [6, 6.07) is 1.66. The van der Waals surface area contributed by atoms with E-state index in [2.05, 4.69) is 20.3 Å². The highest BCUT2D eigenvalue weighted by Gasteiger charge is 2.30. The zero-order chi connectivity index (χ0) is 19.1. The number of nitrogens with zero attached hydrogens (tertiary/aromatic N) is 2. The minimum Gasteiger partial charge on any atom is -0.369 e. The normalized spacial score (nSPS) is 11.9. The molecule has 0 unspecified atom stereocenters. The van der Waals surface area contributed by atoms with E-state index in [1.807, 2.05) is 0 Å². The molecule has 0 aliphatic rings. The fraction of sp³-hybridized carbons (Fsp3) is 0.143. The molecule has 0 aliphatic heterocycles. The summed E-state index contributed by atoms with van der Waals surface area (Å²) in [7, 11) is -4.83. The first kappa shape index (κ1) is 18.1. The molecule has 1 aromatic carbocycles. The van der Waals surface area contributed by atoms with E-state index in [0.29, 0.717) is 16.9 Å². The third kappa shape index (κ3) is 3.08. The van der Waals surface area contributed by atoms with Gasteiger partial charge in [0.05, 0.1) is 5.39 Å². The van der Waals surface area contributed by atoms with Crippen LogP contribution in [0.4, 0.5) is 23.4 Å². The van der Waals surface area contributed by atoms with Crippen LogP contribution in [0.3, 0.4) is 0 Å². The van der Waals surface area contributed by atoms with Gasteiger partial charge in [0.25, 0.3) is 0 Å². The van der Waals surface area contributed by atoms with Crippen molar-refractivity contribution in [3.05, 3.63) is 47.4 Å². The lowest BCUT2D eigenvalue weighted by atomic mass is 10.1. The number of nitrogens with one attached hydrogen (secondary N) is 2. The third-order valence-corrected chi connectivity index (χ3v) is 4.62. The highest BCUT2D eigenvalue weighted by Crippen LogP contribution is 2.28. The third-order valence-electron chi connectivity index (χ3n) is 3.62. The molecule has 7 nitrogen and oxygen atoms in total. The lowest BCUT2D eigenvalue weighted by Crippen LogP contribution is -2.21. The second-order valence-electron chi connectivity index (χ2n) is 5.25. The highest BCUT2D eigenvalue weighted by atomic mass is 32.2. The molecule has 0 amide bonds. The predicted octanol–water partition coefficient (Wildman–Crippen LogP) is 1.82. The van der Waals surface area contributed by atoms with Gasteiger partial charge < -0.3 is 10.3 Å². The predicted molar refractivity (Wildman–Crippen MR) is 83.7 cm³/mol. The van der Waals surface area contributed by atoms with Crippen molar-refractivity contribution in [2.24, 2.45) is 5.14 Å². The van der Waals surface area contributed by atoms with Crippen LogP contribution in [0, 0.1) is 23.3 Å². The summed E-state index contributed by atoms with van der Waals surface area (Å²) in [6.45, 7) is -0.165. The first-order chi connectivity index (χ1) is 12.2. The Labute approximate surface area is 144 Å². The molecule has 0 saturated carbocycles. The van der Waals surface area contributed by atoms with Gasteiger partial charge in [0.2, 0.25) is 10.0 Å². The number of hydrogen-bond acceptors (Lipinski definition) is 5. The van der Waals surface area contributed by atoms with Crippen LogP contribution in [0.1, 0.15) is 5.56 Å². The molecule has 0 fully saturated rings. The molecule has 0 aliphatic carbocycles. The lowest BCUT2D eigenvalue weighted by Gasteiger charge is -2.13. The second-order valence-corrected chi connectivity index (χ2v) is 6.75. The molecule has 0 bridgehead atoms. The minimum absolute atomic E-state index is 0.165. The molecule has 3 rings (SSSR count). The van der Waals surface area contributed by atoms with E-state index in [9.17, 15) is 26.0 Å². The van der Waals surface area contributed by atoms with Crippen LogP contribution in [0.15, 0.2) is 23.5 Å². The van der Waals surface area contributed by atoms with Gasteiger partial charge in [-0.1, -0.05) is 0 Å². The summed E-state index contributed by atoms with van der Waals surface area (Å²) in [5, 5.41) is 8.18. The summed E-state index contributed by atoms with van der Waals surface area (Å²) in [5.74, 6) is -7.90. The summed E-state index contributed by atoms with van der Waals surface area (Å²) >= 11 is 0. The van der Waals surface area contributed by atoms with Gasteiger partial charge in [-0.05, 0) is 12.5 Å². The Morgan fingerprint density at radius 2 is 1.77 bits per heavy atom. The molecular weight excluding hydrogens is 378 g/mol. The SMILES string of the molecule is NS(=O)(=O)c1c(F)c(F)c(F)c(F)c1CCNc1ncnc2[nH]ccc12.